The summed E-state index contributed by atoms with van der Waals surface area (Å²) < 4.78 is 0. The van der Waals surface area contributed by atoms with Crippen molar-refractivity contribution in [1.29, 1.82) is 0 Å². The Morgan fingerprint density at radius 1 is 0.389 bits per heavy atom. The first kappa shape index (κ1) is 20.9. The van der Waals surface area contributed by atoms with E-state index >= 15 is 0 Å². The third-order valence-corrected chi connectivity index (χ3v) is 3.71. The predicted octanol–water partition coefficient (Wildman–Crippen LogP) is 3.99. The van der Waals surface area contributed by atoms with Gasteiger partial charge in [0.05, 0.1) is 0 Å². The maximum Gasteiger partial charge on any atom is 1.00 e. The third kappa shape index (κ3) is 18.9. The van der Waals surface area contributed by atoms with E-state index in [1.54, 1.807) is 0 Å². The van der Waals surface area contributed by atoms with Gasteiger partial charge in [0.25, 0.3) is 0 Å². The fourth-order valence-corrected chi connectivity index (χ4v) is 2.44. The maximum atomic E-state index is 2.29. The zero-order valence-corrected chi connectivity index (χ0v) is 13.6. The van der Waals surface area contributed by atoms with E-state index in [-0.39, 0.29) is 20.3 Å². The largest absolute Gasteiger partial charge is 1.00 e. The second-order valence-corrected chi connectivity index (χ2v) is 5.60. The monoisotopic (exact) mass is 248 g/mol. The molecule has 0 bridgehead atoms. The summed E-state index contributed by atoms with van der Waals surface area (Å²) in [5, 5.41) is 0. The van der Waals surface area contributed by atoms with Crippen LogP contribution >= 0.6 is 0 Å². The molecule has 0 rings (SSSR count). The van der Waals surface area contributed by atoms with Gasteiger partial charge in [-0.3, -0.25) is 0 Å². The summed E-state index contributed by atoms with van der Waals surface area (Å²) in [6.07, 6.45) is 21.9. The second-order valence-electron chi connectivity index (χ2n) is 5.60. The van der Waals surface area contributed by atoms with Crippen LogP contribution in [-0.4, -0.2) is 0 Å². The third-order valence-electron chi connectivity index (χ3n) is 3.71. The van der Waals surface area contributed by atoms with Crippen LogP contribution in [0, 0.1) is 0 Å². The Balaban J connectivity index is -0.00000128. The Kier molecular flexibility index (Phi) is 23.1. The van der Waals surface area contributed by atoms with Gasteiger partial charge in [0.15, 0.2) is 0 Å². The summed E-state index contributed by atoms with van der Waals surface area (Å²) in [6, 6.07) is 0. The van der Waals surface area contributed by atoms with Crippen molar-refractivity contribution in [3.05, 3.63) is 0 Å². The Hall–Kier alpha value is 0.597. The molecule has 1 heteroatoms. The Bertz CT molecular complexity index is 114. The molecular weight excluding hydrogens is 211 g/mol. The van der Waals surface area contributed by atoms with E-state index < -0.39 is 0 Å². The van der Waals surface area contributed by atoms with Gasteiger partial charge in [0.1, 0.15) is 0 Å². The molecule has 0 aliphatic carbocycles. The van der Waals surface area contributed by atoms with E-state index in [2.05, 4.69) is 13.8 Å². The fourth-order valence-electron chi connectivity index (χ4n) is 2.44. The topological polar surface area (TPSA) is 0 Å². The van der Waals surface area contributed by atoms with Gasteiger partial charge in [-0.1, -0.05) is 110 Å². The fraction of sp³-hybridized carbons (Fsp3) is 1.00. The second kappa shape index (κ2) is 19.9. The average molecular weight is 248 g/mol. The maximum absolute atomic E-state index is 2.29. The number of rotatable bonds is 14. The number of hydrogen-bond donors (Lipinski definition) is 0. The summed E-state index contributed by atoms with van der Waals surface area (Å²) in [4.78, 5) is 0. The normalized spacial score (nSPS) is 10.3. The molecule has 0 nitrogen and oxygen atoms in total. The molecule has 0 aromatic rings. The SMILES string of the molecule is CCCCCCCCCCCCCCCCC.[H-].[Li+]. The quantitative estimate of drug-likeness (QED) is 0.322. The number of unbranched alkanes of at least 4 members (excludes halogenated alkanes) is 14. The van der Waals surface area contributed by atoms with Crippen molar-refractivity contribution in [3.8, 4) is 0 Å². The Labute approximate surface area is 130 Å². The molecule has 0 N–H and O–H groups in total. The molecule has 0 fully saturated rings. The van der Waals surface area contributed by atoms with E-state index in [0.29, 0.717) is 0 Å². The van der Waals surface area contributed by atoms with E-state index in [1.165, 1.54) is 96.3 Å². The first-order valence-electron chi connectivity index (χ1n) is 8.41. The van der Waals surface area contributed by atoms with Gasteiger partial charge in [-0.2, -0.15) is 0 Å². The smallest absolute Gasteiger partial charge is 1.00 e. The Morgan fingerprint density at radius 2 is 0.556 bits per heavy atom. The average Bonchev–Trinajstić information content (AvgIpc) is 2.35. The summed E-state index contributed by atoms with van der Waals surface area (Å²) >= 11 is 0. The Morgan fingerprint density at radius 3 is 0.722 bits per heavy atom. The van der Waals surface area contributed by atoms with Crippen molar-refractivity contribution in [2.75, 3.05) is 0 Å². The van der Waals surface area contributed by atoms with E-state index in [1.807, 2.05) is 0 Å². The van der Waals surface area contributed by atoms with Crippen LogP contribution in [0.3, 0.4) is 0 Å². The zero-order valence-electron chi connectivity index (χ0n) is 14.6. The predicted molar refractivity (Wildman–Crippen MR) is 81.7 cm³/mol. The van der Waals surface area contributed by atoms with Crippen LogP contribution in [0.2, 0.25) is 0 Å². The molecule has 0 saturated carbocycles. The molecule has 0 aliphatic heterocycles. The first-order valence-corrected chi connectivity index (χ1v) is 8.41. The van der Waals surface area contributed by atoms with Gasteiger partial charge < -0.3 is 1.43 Å². The molecule has 0 amide bonds. The van der Waals surface area contributed by atoms with Crippen molar-refractivity contribution in [3.63, 3.8) is 0 Å². The van der Waals surface area contributed by atoms with Gasteiger partial charge in [0, 0.05) is 0 Å². The van der Waals surface area contributed by atoms with E-state index in [9.17, 15) is 0 Å². The summed E-state index contributed by atoms with van der Waals surface area (Å²) in [5.41, 5.74) is 0. The van der Waals surface area contributed by atoms with Gasteiger partial charge in [-0.05, 0) is 0 Å². The van der Waals surface area contributed by atoms with Crippen molar-refractivity contribution in [1.82, 2.24) is 0 Å². The molecule has 0 radical (unpaired) electrons. The van der Waals surface area contributed by atoms with Gasteiger partial charge in [-0.15, -0.1) is 0 Å². The summed E-state index contributed by atoms with van der Waals surface area (Å²) in [5.74, 6) is 0. The van der Waals surface area contributed by atoms with E-state index in [4.69, 9.17) is 0 Å². The number of hydrogen-bond acceptors (Lipinski definition) is 0. The van der Waals surface area contributed by atoms with Crippen LogP contribution in [0.1, 0.15) is 112 Å². The summed E-state index contributed by atoms with van der Waals surface area (Å²) in [6.45, 7) is 4.58. The van der Waals surface area contributed by atoms with Gasteiger partial charge >= 0.3 is 18.9 Å². The van der Waals surface area contributed by atoms with Crippen LogP contribution in [0.4, 0.5) is 0 Å². The van der Waals surface area contributed by atoms with Gasteiger partial charge in [-0.25, -0.2) is 0 Å². The molecule has 18 heavy (non-hydrogen) atoms. The molecular formula is C17H37Li. The molecule has 0 aromatic carbocycles. The summed E-state index contributed by atoms with van der Waals surface area (Å²) in [7, 11) is 0. The molecule has 0 spiro atoms. The minimum atomic E-state index is 0. The molecule has 0 saturated heterocycles. The van der Waals surface area contributed by atoms with Crippen LogP contribution < -0.4 is 18.9 Å². The molecule has 106 valence electrons. The van der Waals surface area contributed by atoms with Crippen molar-refractivity contribution < 1.29 is 20.3 Å². The van der Waals surface area contributed by atoms with Crippen molar-refractivity contribution in [2.45, 2.75) is 110 Å². The van der Waals surface area contributed by atoms with Gasteiger partial charge in [0.2, 0.25) is 0 Å². The minimum absolute atomic E-state index is 0. The van der Waals surface area contributed by atoms with Crippen LogP contribution in [-0.2, 0) is 0 Å². The van der Waals surface area contributed by atoms with Crippen molar-refractivity contribution in [2.24, 2.45) is 0 Å². The zero-order chi connectivity index (χ0) is 12.6. The molecule has 0 heterocycles. The van der Waals surface area contributed by atoms with Crippen LogP contribution in [0.15, 0.2) is 0 Å². The standard InChI is InChI=1S/C17H36.Li.H/c1-3-5-7-9-11-13-15-17-16-14-12-10-8-6-4-2;;/h3-17H2,1-2H3;;/q;+1;-1. The van der Waals surface area contributed by atoms with Crippen LogP contribution in [0.25, 0.3) is 0 Å². The van der Waals surface area contributed by atoms with E-state index in [0.717, 1.165) is 0 Å². The first-order chi connectivity index (χ1) is 8.41. The van der Waals surface area contributed by atoms with Crippen LogP contribution in [0.5, 0.6) is 0 Å². The molecule has 0 aromatic heterocycles. The molecule has 0 unspecified atom stereocenters. The minimum Gasteiger partial charge on any atom is -1.00 e. The van der Waals surface area contributed by atoms with Crippen molar-refractivity contribution >= 4 is 0 Å². The molecule has 0 atom stereocenters. The molecule has 0 aliphatic rings.